The maximum Gasteiger partial charge on any atom is 0.0642 e. The molecule has 11 heavy (non-hydrogen) atoms. The molecular weight excluding hydrogens is 162 g/mol. The van der Waals surface area contributed by atoms with Crippen LogP contribution in [0.2, 0.25) is 0 Å². The molecule has 0 aromatic carbocycles. The molecule has 60 valence electrons. The summed E-state index contributed by atoms with van der Waals surface area (Å²) in [5.41, 5.74) is 6.51. The third-order valence-electron chi connectivity index (χ3n) is 1.33. The summed E-state index contributed by atoms with van der Waals surface area (Å²) in [5, 5.41) is 8.29. The number of halogens is 1. The van der Waals surface area contributed by atoms with Gasteiger partial charge in [0, 0.05) is 11.9 Å². The number of nitrogens with one attached hydrogen (secondary N) is 1. The number of aromatic nitrogens is 1. The molecule has 1 aromatic heterocycles. The van der Waals surface area contributed by atoms with Gasteiger partial charge in [0.05, 0.1) is 18.5 Å². The minimum atomic E-state index is -0.167. The molecule has 3 nitrogen and oxygen atoms in total. The Morgan fingerprint density at radius 3 is 2.91 bits per heavy atom. The number of nitrogens with two attached hydrogens (primary N) is 1. The summed E-state index contributed by atoms with van der Waals surface area (Å²) < 4.78 is 0. The van der Waals surface area contributed by atoms with Crippen LogP contribution in [0.5, 0.6) is 0 Å². The molecule has 0 amide bonds. The molecule has 1 rings (SSSR count). The number of hydrogen-bond donors (Lipinski definition) is 2. The van der Waals surface area contributed by atoms with Crippen LogP contribution in [0.1, 0.15) is 18.2 Å². The number of H-pyrrole nitrogens is 1. The van der Waals surface area contributed by atoms with E-state index in [-0.39, 0.29) is 18.4 Å². The smallest absolute Gasteiger partial charge is 0.0642 e. The lowest BCUT2D eigenvalue weighted by Crippen LogP contribution is -2.09. The Labute approximate surface area is 71.6 Å². The van der Waals surface area contributed by atoms with Gasteiger partial charge in [-0.1, -0.05) is 0 Å². The molecule has 0 unspecified atom stereocenters. The molecule has 0 spiro atoms. The first kappa shape index (κ1) is 10.0. The lowest BCUT2D eigenvalue weighted by molar-refractivity contribution is 0.726. The third kappa shape index (κ3) is 2.62. The van der Waals surface area contributed by atoms with E-state index in [1.807, 2.05) is 18.2 Å². The van der Waals surface area contributed by atoms with E-state index in [4.69, 9.17) is 11.0 Å². The standard InChI is InChI=1S/C7H9N3.ClH/c8-4-3-6(9)7-2-1-5-10-7;/h1-2,5-6,10H,3,9H2;1H/t6-;/m1./s1. The van der Waals surface area contributed by atoms with Crippen molar-refractivity contribution in [2.45, 2.75) is 12.5 Å². The van der Waals surface area contributed by atoms with E-state index in [0.29, 0.717) is 6.42 Å². The van der Waals surface area contributed by atoms with Crippen LogP contribution in [0.15, 0.2) is 18.3 Å². The van der Waals surface area contributed by atoms with Gasteiger partial charge in [0.15, 0.2) is 0 Å². The van der Waals surface area contributed by atoms with Gasteiger partial charge in [0.2, 0.25) is 0 Å². The summed E-state index contributed by atoms with van der Waals surface area (Å²) in [7, 11) is 0. The van der Waals surface area contributed by atoms with E-state index in [2.05, 4.69) is 4.98 Å². The highest BCUT2D eigenvalue weighted by molar-refractivity contribution is 5.85. The lowest BCUT2D eigenvalue weighted by atomic mass is 10.2. The minimum Gasteiger partial charge on any atom is -0.364 e. The topological polar surface area (TPSA) is 65.6 Å². The Balaban J connectivity index is 0.000001000. The number of rotatable bonds is 2. The zero-order valence-corrected chi connectivity index (χ0v) is 6.77. The van der Waals surface area contributed by atoms with Crippen LogP contribution in [0.4, 0.5) is 0 Å². The van der Waals surface area contributed by atoms with Crippen molar-refractivity contribution in [1.29, 1.82) is 5.26 Å². The first-order chi connectivity index (χ1) is 4.84. The molecule has 1 aromatic rings. The van der Waals surface area contributed by atoms with E-state index in [0.717, 1.165) is 5.69 Å². The van der Waals surface area contributed by atoms with Gasteiger partial charge in [-0.15, -0.1) is 12.4 Å². The normalized spacial score (nSPS) is 11.3. The predicted molar refractivity (Wildman–Crippen MR) is 45.2 cm³/mol. The molecule has 0 aliphatic carbocycles. The summed E-state index contributed by atoms with van der Waals surface area (Å²) in [6, 6.07) is 5.59. The van der Waals surface area contributed by atoms with Gasteiger partial charge in [-0.3, -0.25) is 0 Å². The average Bonchev–Trinajstić information content (AvgIpc) is 2.38. The Morgan fingerprint density at radius 2 is 2.45 bits per heavy atom. The molecule has 0 aliphatic heterocycles. The first-order valence-corrected chi connectivity index (χ1v) is 3.10. The number of nitriles is 1. The van der Waals surface area contributed by atoms with E-state index >= 15 is 0 Å². The monoisotopic (exact) mass is 171 g/mol. The zero-order valence-electron chi connectivity index (χ0n) is 5.95. The lowest BCUT2D eigenvalue weighted by Gasteiger charge is -2.02. The van der Waals surface area contributed by atoms with Gasteiger partial charge in [-0.25, -0.2) is 0 Å². The van der Waals surface area contributed by atoms with E-state index in [1.165, 1.54) is 0 Å². The zero-order chi connectivity index (χ0) is 7.40. The van der Waals surface area contributed by atoms with Gasteiger partial charge in [0.1, 0.15) is 0 Å². The van der Waals surface area contributed by atoms with E-state index < -0.39 is 0 Å². The maximum absolute atomic E-state index is 8.29. The fraction of sp³-hybridized carbons (Fsp3) is 0.286. The summed E-state index contributed by atoms with van der Waals surface area (Å²) in [6.45, 7) is 0. The van der Waals surface area contributed by atoms with Gasteiger partial charge in [-0.05, 0) is 12.1 Å². The van der Waals surface area contributed by atoms with Gasteiger partial charge in [-0.2, -0.15) is 5.26 Å². The van der Waals surface area contributed by atoms with Crippen LogP contribution in [0.25, 0.3) is 0 Å². The number of nitrogens with zero attached hydrogens (tertiary/aromatic N) is 1. The molecular formula is C7H10ClN3. The quantitative estimate of drug-likeness (QED) is 0.706. The average molecular weight is 172 g/mol. The SMILES string of the molecule is Cl.N#CC[C@@H](N)c1ccc[nH]1. The molecule has 0 aliphatic rings. The van der Waals surface area contributed by atoms with Crippen LogP contribution >= 0.6 is 12.4 Å². The van der Waals surface area contributed by atoms with Gasteiger partial charge in [0.25, 0.3) is 0 Å². The van der Waals surface area contributed by atoms with Crippen molar-refractivity contribution in [3.63, 3.8) is 0 Å². The first-order valence-electron chi connectivity index (χ1n) is 3.10. The summed E-state index contributed by atoms with van der Waals surface area (Å²) in [5.74, 6) is 0. The van der Waals surface area contributed by atoms with E-state index in [9.17, 15) is 0 Å². The molecule has 0 radical (unpaired) electrons. The predicted octanol–water partition coefficient (Wildman–Crippen LogP) is 1.35. The molecule has 4 heteroatoms. The second-order valence-electron chi connectivity index (χ2n) is 2.09. The highest BCUT2D eigenvalue weighted by Crippen LogP contribution is 2.09. The second-order valence-corrected chi connectivity index (χ2v) is 2.09. The minimum absolute atomic E-state index is 0. The van der Waals surface area contributed by atoms with Gasteiger partial charge >= 0.3 is 0 Å². The summed E-state index contributed by atoms with van der Waals surface area (Å²) >= 11 is 0. The molecule has 1 atom stereocenters. The van der Waals surface area contributed by atoms with Crippen LogP contribution < -0.4 is 5.73 Å². The maximum atomic E-state index is 8.29. The Hall–Kier alpha value is -0.980. The Morgan fingerprint density at radius 1 is 1.73 bits per heavy atom. The van der Waals surface area contributed by atoms with Gasteiger partial charge < -0.3 is 10.7 Å². The van der Waals surface area contributed by atoms with E-state index in [1.54, 1.807) is 6.20 Å². The molecule has 3 N–H and O–H groups in total. The van der Waals surface area contributed by atoms with Crippen molar-refractivity contribution < 1.29 is 0 Å². The second kappa shape index (κ2) is 4.78. The molecule has 0 bridgehead atoms. The summed E-state index contributed by atoms with van der Waals surface area (Å²) in [6.07, 6.45) is 2.16. The van der Waals surface area contributed by atoms with Crippen molar-refractivity contribution in [3.05, 3.63) is 24.0 Å². The third-order valence-corrected chi connectivity index (χ3v) is 1.33. The van der Waals surface area contributed by atoms with Crippen LogP contribution in [0.3, 0.4) is 0 Å². The van der Waals surface area contributed by atoms with Crippen LogP contribution in [-0.2, 0) is 0 Å². The fourth-order valence-corrected chi connectivity index (χ4v) is 0.783. The Bertz CT molecular complexity index is 224. The highest BCUT2D eigenvalue weighted by Gasteiger charge is 2.03. The molecule has 0 saturated carbocycles. The van der Waals surface area contributed by atoms with Crippen LogP contribution in [0, 0.1) is 11.3 Å². The van der Waals surface area contributed by atoms with Crippen molar-refractivity contribution in [2.24, 2.45) is 5.73 Å². The summed E-state index contributed by atoms with van der Waals surface area (Å²) in [4.78, 5) is 2.95. The number of aromatic amines is 1. The van der Waals surface area contributed by atoms with Crippen molar-refractivity contribution >= 4 is 12.4 Å². The van der Waals surface area contributed by atoms with Crippen molar-refractivity contribution in [2.75, 3.05) is 0 Å². The number of hydrogen-bond acceptors (Lipinski definition) is 2. The fourth-order valence-electron chi connectivity index (χ4n) is 0.783. The molecule has 0 fully saturated rings. The highest BCUT2D eigenvalue weighted by atomic mass is 35.5. The van der Waals surface area contributed by atoms with Crippen molar-refractivity contribution in [3.8, 4) is 6.07 Å². The Kier molecular flexibility index (Phi) is 4.35. The molecule has 0 saturated heterocycles. The van der Waals surface area contributed by atoms with Crippen molar-refractivity contribution in [1.82, 2.24) is 4.98 Å². The van der Waals surface area contributed by atoms with Crippen LogP contribution in [-0.4, -0.2) is 4.98 Å². The molecule has 1 heterocycles. The largest absolute Gasteiger partial charge is 0.364 e.